The molecule has 1 heterocycles. The van der Waals surface area contributed by atoms with Gasteiger partial charge in [0, 0.05) is 23.5 Å². The first-order valence-electron chi connectivity index (χ1n) is 12.7. The lowest BCUT2D eigenvalue weighted by atomic mass is 9.94. The van der Waals surface area contributed by atoms with Crippen molar-refractivity contribution in [1.29, 1.82) is 0 Å². The molecule has 1 aliphatic rings. The Balaban J connectivity index is 1.46. The summed E-state index contributed by atoms with van der Waals surface area (Å²) in [6.45, 7) is 6.74. The maximum atomic E-state index is 15.0. The van der Waals surface area contributed by atoms with Crippen molar-refractivity contribution in [2.45, 2.75) is 57.7 Å². The van der Waals surface area contributed by atoms with Crippen molar-refractivity contribution in [3.63, 3.8) is 0 Å². The van der Waals surface area contributed by atoms with E-state index in [0.29, 0.717) is 41.9 Å². The Hall–Kier alpha value is -2.89. The average Bonchev–Trinajstić information content (AvgIpc) is 2.90. The smallest absolute Gasteiger partial charge is 0.166 e. The average molecular weight is 495 g/mol. The zero-order chi connectivity index (χ0) is 25.5. The van der Waals surface area contributed by atoms with Crippen LogP contribution in [-0.2, 0) is 15.9 Å². The fourth-order valence-corrected chi connectivity index (χ4v) is 4.58. The van der Waals surface area contributed by atoms with Gasteiger partial charge in [0.1, 0.15) is 5.82 Å². The minimum absolute atomic E-state index is 0.0290. The molecule has 0 aromatic heterocycles. The normalized spacial score (nSPS) is 17.8. The Labute approximate surface area is 211 Å². The molecule has 3 aromatic carbocycles. The lowest BCUT2D eigenvalue weighted by Crippen LogP contribution is -2.30. The van der Waals surface area contributed by atoms with Gasteiger partial charge in [-0.1, -0.05) is 74.4 Å². The first-order valence-corrected chi connectivity index (χ1v) is 12.7. The molecular formula is C31H33F3O2. The second kappa shape index (κ2) is 12.4. The van der Waals surface area contributed by atoms with Crippen LogP contribution in [0.2, 0.25) is 0 Å². The monoisotopic (exact) mass is 494 g/mol. The molecule has 2 nitrogen and oxygen atoms in total. The molecule has 1 fully saturated rings. The third-order valence-corrected chi connectivity index (χ3v) is 6.76. The summed E-state index contributed by atoms with van der Waals surface area (Å²) in [5.74, 6) is -1.99. The molecule has 0 aliphatic carbocycles. The molecule has 190 valence electrons. The minimum Gasteiger partial charge on any atom is -0.352 e. The Morgan fingerprint density at radius 3 is 2.17 bits per heavy atom. The van der Waals surface area contributed by atoms with Crippen LogP contribution in [0.15, 0.2) is 67.3 Å². The van der Waals surface area contributed by atoms with Crippen LogP contribution in [0.5, 0.6) is 0 Å². The molecule has 1 saturated heterocycles. The molecule has 0 spiro atoms. The SMILES string of the molecule is C=CCCC1OCC(c2ccc(-c3ccc(-c4ccc(CCCCC)c(F)c4F)cc3)c(F)c2)CO1. The number of aryl methyl sites for hydroxylation is 1. The highest BCUT2D eigenvalue weighted by Crippen LogP contribution is 2.32. The van der Waals surface area contributed by atoms with Gasteiger partial charge in [0.2, 0.25) is 0 Å². The van der Waals surface area contributed by atoms with Crippen molar-refractivity contribution < 1.29 is 22.6 Å². The Bertz CT molecular complexity index is 1170. The van der Waals surface area contributed by atoms with Gasteiger partial charge in [0.15, 0.2) is 17.9 Å². The number of halogens is 3. The predicted octanol–water partition coefficient (Wildman–Crippen LogP) is 8.59. The third kappa shape index (κ3) is 6.08. The molecule has 0 bridgehead atoms. The highest BCUT2D eigenvalue weighted by atomic mass is 19.2. The van der Waals surface area contributed by atoms with Crippen molar-refractivity contribution >= 4 is 0 Å². The summed E-state index contributed by atoms with van der Waals surface area (Å²) in [6.07, 6.45) is 6.56. The molecule has 36 heavy (non-hydrogen) atoms. The standard InChI is InChI=1S/C31H33F3O2/c1-3-5-7-8-23-14-17-27(31(34)30(23)33)22-12-10-21(11-13-22)26-16-15-24(18-28(26)32)25-19-35-29(36-20-25)9-6-4-2/h4,10-18,25,29H,2-3,5-9,19-20H2,1H3. The number of ether oxygens (including phenoxy) is 2. The number of benzene rings is 3. The highest BCUT2D eigenvalue weighted by molar-refractivity contribution is 5.71. The highest BCUT2D eigenvalue weighted by Gasteiger charge is 2.24. The van der Waals surface area contributed by atoms with Crippen molar-refractivity contribution in [3.8, 4) is 22.3 Å². The van der Waals surface area contributed by atoms with Gasteiger partial charge in [-0.05, 0) is 47.6 Å². The van der Waals surface area contributed by atoms with Crippen molar-refractivity contribution in [1.82, 2.24) is 0 Å². The van der Waals surface area contributed by atoms with Crippen LogP contribution in [-0.4, -0.2) is 19.5 Å². The number of hydrogen-bond donors (Lipinski definition) is 0. The summed E-state index contributed by atoms with van der Waals surface area (Å²) in [6, 6.07) is 15.3. The number of unbranched alkanes of at least 4 members (excludes halogenated alkanes) is 2. The van der Waals surface area contributed by atoms with Crippen LogP contribution in [0.1, 0.15) is 56.1 Å². The van der Waals surface area contributed by atoms with Gasteiger partial charge in [0.05, 0.1) is 13.2 Å². The second-order valence-corrected chi connectivity index (χ2v) is 9.33. The van der Waals surface area contributed by atoms with E-state index in [2.05, 4.69) is 13.5 Å². The van der Waals surface area contributed by atoms with E-state index < -0.39 is 11.6 Å². The van der Waals surface area contributed by atoms with Crippen molar-refractivity contribution in [2.75, 3.05) is 13.2 Å². The molecule has 3 aromatic rings. The van der Waals surface area contributed by atoms with Crippen LogP contribution in [0, 0.1) is 17.5 Å². The second-order valence-electron chi connectivity index (χ2n) is 9.33. The zero-order valence-corrected chi connectivity index (χ0v) is 20.7. The summed E-state index contributed by atoms with van der Waals surface area (Å²) >= 11 is 0. The maximum Gasteiger partial charge on any atom is 0.166 e. The van der Waals surface area contributed by atoms with Gasteiger partial charge in [-0.2, -0.15) is 0 Å². The summed E-state index contributed by atoms with van der Waals surface area (Å²) in [4.78, 5) is 0. The number of allylic oxidation sites excluding steroid dienone is 1. The summed E-state index contributed by atoms with van der Waals surface area (Å²) in [5, 5.41) is 0. The minimum atomic E-state index is -0.837. The molecule has 1 aliphatic heterocycles. The molecule has 0 atom stereocenters. The van der Waals surface area contributed by atoms with E-state index in [-0.39, 0.29) is 23.6 Å². The summed E-state index contributed by atoms with van der Waals surface area (Å²) in [5.41, 5.74) is 3.11. The van der Waals surface area contributed by atoms with Crippen LogP contribution in [0.4, 0.5) is 13.2 Å². The number of rotatable bonds is 10. The lowest BCUT2D eigenvalue weighted by molar-refractivity contribution is -0.189. The largest absolute Gasteiger partial charge is 0.352 e. The first kappa shape index (κ1) is 26.2. The van der Waals surface area contributed by atoms with Gasteiger partial charge in [-0.3, -0.25) is 0 Å². The Morgan fingerprint density at radius 2 is 1.53 bits per heavy atom. The van der Waals surface area contributed by atoms with Gasteiger partial charge < -0.3 is 9.47 Å². The fourth-order valence-electron chi connectivity index (χ4n) is 4.58. The maximum absolute atomic E-state index is 15.0. The molecule has 0 amide bonds. The summed E-state index contributed by atoms with van der Waals surface area (Å²) < 4.78 is 55.9. The third-order valence-electron chi connectivity index (χ3n) is 6.76. The van der Waals surface area contributed by atoms with Gasteiger partial charge in [-0.15, -0.1) is 6.58 Å². The van der Waals surface area contributed by atoms with E-state index >= 15 is 4.39 Å². The molecule has 0 N–H and O–H groups in total. The van der Waals surface area contributed by atoms with E-state index in [4.69, 9.17) is 9.47 Å². The van der Waals surface area contributed by atoms with E-state index in [9.17, 15) is 8.78 Å². The molecule has 0 saturated carbocycles. The van der Waals surface area contributed by atoms with Crippen molar-refractivity contribution in [2.24, 2.45) is 0 Å². The molecular weight excluding hydrogens is 461 g/mol. The van der Waals surface area contributed by atoms with E-state index in [1.165, 1.54) is 6.07 Å². The predicted molar refractivity (Wildman–Crippen MR) is 138 cm³/mol. The van der Waals surface area contributed by atoms with E-state index in [1.807, 2.05) is 12.1 Å². The van der Waals surface area contributed by atoms with Crippen LogP contribution in [0.25, 0.3) is 22.3 Å². The first-order chi connectivity index (χ1) is 17.5. The Kier molecular flexibility index (Phi) is 9.00. The Morgan fingerprint density at radius 1 is 0.861 bits per heavy atom. The van der Waals surface area contributed by atoms with Gasteiger partial charge >= 0.3 is 0 Å². The molecule has 0 radical (unpaired) electrons. The quantitative estimate of drug-likeness (QED) is 0.208. The van der Waals surface area contributed by atoms with Gasteiger partial charge in [-0.25, -0.2) is 13.2 Å². The van der Waals surface area contributed by atoms with Crippen LogP contribution < -0.4 is 0 Å². The lowest BCUT2D eigenvalue weighted by Gasteiger charge is -2.29. The van der Waals surface area contributed by atoms with Crippen LogP contribution in [0.3, 0.4) is 0 Å². The zero-order valence-electron chi connectivity index (χ0n) is 20.7. The fraction of sp³-hybridized carbons (Fsp3) is 0.355. The van der Waals surface area contributed by atoms with E-state index in [1.54, 1.807) is 42.5 Å². The molecule has 4 rings (SSSR count). The topological polar surface area (TPSA) is 18.5 Å². The summed E-state index contributed by atoms with van der Waals surface area (Å²) in [7, 11) is 0. The number of hydrogen-bond acceptors (Lipinski definition) is 2. The van der Waals surface area contributed by atoms with Crippen molar-refractivity contribution in [3.05, 3.63) is 95.8 Å². The van der Waals surface area contributed by atoms with Crippen LogP contribution >= 0.6 is 0 Å². The van der Waals surface area contributed by atoms with Gasteiger partial charge in [0.25, 0.3) is 0 Å². The molecule has 5 heteroatoms. The van der Waals surface area contributed by atoms with E-state index in [0.717, 1.165) is 37.7 Å². The molecule has 0 unspecified atom stereocenters.